The van der Waals surface area contributed by atoms with Crippen LogP contribution in [0.1, 0.15) is 28.8 Å². The summed E-state index contributed by atoms with van der Waals surface area (Å²) in [5, 5.41) is 5.12. The first kappa shape index (κ1) is 17.5. The van der Waals surface area contributed by atoms with E-state index in [4.69, 9.17) is 4.98 Å². The lowest BCUT2D eigenvalue weighted by atomic mass is 9.82. The molecule has 1 amide bonds. The van der Waals surface area contributed by atoms with Gasteiger partial charge in [-0.15, -0.1) is 22.7 Å². The number of amides is 1. The molecule has 2 aromatic heterocycles. The third-order valence-corrected chi connectivity index (χ3v) is 7.35. The van der Waals surface area contributed by atoms with Crippen molar-refractivity contribution in [2.75, 3.05) is 0 Å². The Morgan fingerprint density at radius 1 is 0.929 bits per heavy atom. The van der Waals surface area contributed by atoms with Gasteiger partial charge >= 0.3 is 0 Å². The SMILES string of the molecule is O=C(NCc1nc2ccccc2s1)C1CC=CCC1c1nc2ccccc2s1. The summed E-state index contributed by atoms with van der Waals surface area (Å²) in [5.41, 5.74) is 2.01. The van der Waals surface area contributed by atoms with E-state index in [1.165, 1.54) is 4.70 Å². The van der Waals surface area contributed by atoms with Crippen molar-refractivity contribution in [2.24, 2.45) is 5.92 Å². The van der Waals surface area contributed by atoms with Gasteiger partial charge in [0, 0.05) is 5.92 Å². The summed E-state index contributed by atoms with van der Waals surface area (Å²) in [4.78, 5) is 22.4. The van der Waals surface area contributed by atoms with E-state index in [1.807, 2.05) is 36.4 Å². The van der Waals surface area contributed by atoms with Gasteiger partial charge in [0.15, 0.2) is 0 Å². The Kier molecular flexibility index (Phi) is 4.66. The van der Waals surface area contributed by atoms with Crippen LogP contribution in [0.25, 0.3) is 20.4 Å². The first-order valence-corrected chi connectivity index (χ1v) is 11.0. The fraction of sp³-hybridized carbons (Fsp3) is 0.227. The summed E-state index contributed by atoms with van der Waals surface area (Å²) in [5.74, 6) is 0.144. The van der Waals surface area contributed by atoms with Crippen LogP contribution >= 0.6 is 22.7 Å². The number of benzene rings is 2. The van der Waals surface area contributed by atoms with Crippen LogP contribution < -0.4 is 5.32 Å². The molecule has 28 heavy (non-hydrogen) atoms. The highest BCUT2D eigenvalue weighted by atomic mass is 32.1. The van der Waals surface area contributed by atoms with Crippen molar-refractivity contribution in [3.8, 4) is 0 Å². The maximum Gasteiger partial charge on any atom is 0.224 e. The fourth-order valence-corrected chi connectivity index (χ4v) is 5.77. The molecule has 0 saturated heterocycles. The zero-order chi connectivity index (χ0) is 18.9. The number of hydrogen-bond donors (Lipinski definition) is 1. The van der Waals surface area contributed by atoms with Gasteiger partial charge in [-0.25, -0.2) is 9.97 Å². The van der Waals surface area contributed by atoms with Crippen LogP contribution in [0.3, 0.4) is 0 Å². The minimum Gasteiger partial charge on any atom is -0.349 e. The number of fused-ring (bicyclic) bond motifs is 2. The van der Waals surface area contributed by atoms with Gasteiger partial charge in [0.2, 0.25) is 5.91 Å². The van der Waals surface area contributed by atoms with Gasteiger partial charge in [-0.05, 0) is 37.1 Å². The molecular weight excluding hydrogens is 386 g/mol. The smallest absolute Gasteiger partial charge is 0.224 e. The van der Waals surface area contributed by atoms with Crippen molar-refractivity contribution in [1.29, 1.82) is 0 Å². The highest BCUT2D eigenvalue weighted by Gasteiger charge is 2.32. The normalized spacial score (nSPS) is 19.3. The fourth-order valence-electron chi connectivity index (χ4n) is 3.71. The lowest BCUT2D eigenvalue weighted by molar-refractivity contribution is -0.125. The second kappa shape index (κ2) is 7.45. The average Bonchev–Trinajstić information content (AvgIpc) is 3.35. The molecular formula is C22H19N3OS2. The van der Waals surface area contributed by atoms with Crippen LogP contribution in [0.5, 0.6) is 0 Å². The molecule has 2 heterocycles. The molecule has 1 aliphatic rings. The van der Waals surface area contributed by atoms with Crippen molar-refractivity contribution in [3.63, 3.8) is 0 Å². The van der Waals surface area contributed by atoms with Crippen molar-refractivity contribution in [1.82, 2.24) is 15.3 Å². The average molecular weight is 406 g/mol. The van der Waals surface area contributed by atoms with Crippen molar-refractivity contribution in [3.05, 3.63) is 70.7 Å². The van der Waals surface area contributed by atoms with Gasteiger partial charge in [0.25, 0.3) is 0 Å². The first-order valence-electron chi connectivity index (χ1n) is 9.40. The third-order valence-electron chi connectivity index (χ3n) is 5.15. The van der Waals surface area contributed by atoms with E-state index in [0.717, 1.165) is 38.6 Å². The Balaban J connectivity index is 1.34. The van der Waals surface area contributed by atoms with Crippen molar-refractivity contribution >= 4 is 49.0 Å². The minimum atomic E-state index is -0.0834. The third kappa shape index (κ3) is 3.34. The molecule has 6 heteroatoms. The van der Waals surface area contributed by atoms with Gasteiger partial charge < -0.3 is 5.32 Å². The number of nitrogens with one attached hydrogen (secondary N) is 1. The number of thiazole rings is 2. The molecule has 0 aliphatic heterocycles. The van der Waals surface area contributed by atoms with Crippen LogP contribution in [0.2, 0.25) is 0 Å². The van der Waals surface area contributed by atoms with E-state index in [0.29, 0.717) is 6.54 Å². The molecule has 5 rings (SSSR count). The molecule has 0 saturated carbocycles. The second-order valence-corrected chi connectivity index (χ2v) is 9.15. The molecule has 2 unspecified atom stereocenters. The number of allylic oxidation sites excluding steroid dienone is 2. The number of nitrogens with zero attached hydrogens (tertiary/aromatic N) is 2. The summed E-state index contributed by atoms with van der Waals surface area (Å²) < 4.78 is 2.33. The van der Waals surface area contributed by atoms with E-state index in [2.05, 4.69) is 34.6 Å². The van der Waals surface area contributed by atoms with Crippen LogP contribution in [0, 0.1) is 5.92 Å². The molecule has 2 aromatic carbocycles. The monoisotopic (exact) mass is 405 g/mol. The van der Waals surface area contributed by atoms with E-state index in [9.17, 15) is 4.79 Å². The first-order chi connectivity index (χ1) is 13.8. The van der Waals surface area contributed by atoms with Crippen LogP contribution in [-0.2, 0) is 11.3 Å². The van der Waals surface area contributed by atoms with Crippen molar-refractivity contribution < 1.29 is 4.79 Å². The maximum absolute atomic E-state index is 13.0. The second-order valence-electron chi connectivity index (χ2n) is 6.97. The van der Waals surface area contributed by atoms with Crippen LogP contribution in [-0.4, -0.2) is 15.9 Å². The highest BCUT2D eigenvalue weighted by molar-refractivity contribution is 7.18. The molecule has 2 atom stereocenters. The molecule has 0 spiro atoms. The molecule has 4 nitrogen and oxygen atoms in total. The number of para-hydroxylation sites is 2. The molecule has 4 aromatic rings. The topological polar surface area (TPSA) is 54.9 Å². The quantitative estimate of drug-likeness (QED) is 0.471. The van der Waals surface area contributed by atoms with Gasteiger partial charge in [0.1, 0.15) is 5.01 Å². The molecule has 140 valence electrons. The highest BCUT2D eigenvalue weighted by Crippen LogP contribution is 2.38. The van der Waals surface area contributed by atoms with Crippen molar-refractivity contribution in [2.45, 2.75) is 25.3 Å². The number of hydrogen-bond acceptors (Lipinski definition) is 5. The predicted octanol–water partition coefficient (Wildman–Crippen LogP) is 5.27. The number of carbonyl (C=O) groups excluding carboxylic acids is 1. The lowest BCUT2D eigenvalue weighted by Gasteiger charge is -2.25. The molecule has 1 aliphatic carbocycles. The van der Waals surface area contributed by atoms with E-state index >= 15 is 0 Å². The summed E-state index contributed by atoms with van der Waals surface area (Å²) in [6.45, 7) is 0.477. The largest absolute Gasteiger partial charge is 0.349 e. The Hall–Kier alpha value is -2.57. The van der Waals surface area contributed by atoms with E-state index in [-0.39, 0.29) is 17.7 Å². The molecule has 0 bridgehead atoms. The lowest BCUT2D eigenvalue weighted by Crippen LogP contribution is -2.34. The number of carbonyl (C=O) groups is 1. The Bertz CT molecular complexity index is 1110. The summed E-state index contributed by atoms with van der Waals surface area (Å²) in [6, 6.07) is 16.2. The zero-order valence-electron chi connectivity index (χ0n) is 15.2. The predicted molar refractivity (Wildman–Crippen MR) is 116 cm³/mol. The zero-order valence-corrected chi connectivity index (χ0v) is 16.8. The molecule has 0 fully saturated rings. The summed E-state index contributed by atoms with van der Waals surface area (Å²) >= 11 is 3.34. The summed E-state index contributed by atoms with van der Waals surface area (Å²) in [7, 11) is 0. The van der Waals surface area contributed by atoms with Crippen LogP contribution in [0.15, 0.2) is 60.7 Å². The minimum absolute atomic E-state index is 0.0834. The maximum atomic E-state index is 13.0. The van der Waals surface area contributed by atoms with Gasteiger partial charge in [-0.3, -0.25) is 4.79 Å². The molecule has 0 radical (unpaired) electrons. The Morgan fingerprint density at radius 2 is 1.61 bits per heavy atom. The van der Waals surface area contributed by atoms with E-state index in [1.54, 1.807) is 22.7 Å². The Labute approximate surface area is 171 Å². The molecule has 1 N–H and O–H groups in total. The van der Waals surface area contributed by atoms with E-state index < -0.39 is 0 Å². The van der Waals surface area contributed by atoms with Gasteiger partial charge in [-0.2, -0.15) is 0 Å². The summed E-state index contributed by atoms with van der Waals surface area (Å²) in [6.07, 6.45) is 5.91. The Morgan fingerprint density at radius 3 is 2.36 bits per heavy atom. The number of rotatable bonds is 4. The standard InChI is InChI=1S/C22H19N3OS2/c26-21(23-13-20-24-16-9-3-5-11-18(16)27-20)14-7-1-2-8-15(14)22-25-17-10-4-6-12-19(17)28-22/h1-6,9-12,14-15H,7-8,13H2,(H,23,26). The van der Waals surface area contributed by atoms with Gasteiger partial charge in [-0.1, -0.05) is 36.4 Å². The van der Waals surface area contributed by atoms with Crippen LogP contribution in [0.4, 0.5) is 0 Å². The van der Waals surface area contributed by atoms with Gasteiger partial charge in [0.05, 0.1) is 37.9 Å². The number of aromatic nitrogens is 2.